The number of urea groups is 1. The lowest BCUT2D eigenvalue weighted by Gasteiger charge is -2.30. The summed E-state index contributed by atoms with van der Waals surface area (Å²) in [5.74, 6) is -2.69. The molecule has 0 aliphatic carbocycles. The molecule has 1 unspecified atom stereocenters. The van der Waals surface area contributed by atoms with Crippen LogP contribution in [0, 0.1) is 5.41 Å². The predicted octanol–water partition coefficient (Wildman–Crippen LogP) is 1.26. The van der Waals surface area contributed by atoms with Gasteiger partial charge in [0.1, 0.15) is 0 Å². The number of hydrogen-bond acceptors (Lipinski definition) is 4. The van der Waals surface area contributed by atoms with Gasteiger partial charge in [-0.3, -0.25) is 4.79 Å². The number of amides is 3. The minimum absolute atomic E-state index is 0.0714. The highest BCUT2D eigenvalue weighted by molar-refractivity contribution is 5.89. The average Bonchev–Trinajstić information content (AvgIpc) is 2.85. The number of anilines is 1. The molecule has 1 aromatic rings. The summed E-state index contributed by atoms with van der Waals surface area (Å²) in [4.78, 5) is 34.7. The maximum Gasteiger partial charge on any atom is 0.490 e. The van der Waals surface area contributed by atoms with Gasteiger partial charge in [-0.1, -0.05) is 18.2 Å². The van der Waals surface area contributed by atoms with Crippen molar-refractivity contribution in [3.8, 4) is 0 Å². The summed E-state index contributed by atoms with van der Waals surface area (Å²) in [6.07, 6.45) is -4.60. The second-order valence-corrected chi connectivity index (χ2v) is 6.65. The standard InChI is InChI=1S/C15H20N4O2.C2HF3O2/c20-13-8-15(10-17-13)9-16-6-7-19(11-15)14(21)18-12-4-2-1-3-5-12;3-2(4,5)1(6)7/h1-5,16H,6-11H2,(H,17,20)(H,18,21);(H,6,7). The number of carbonyl (C=O) groups excluding carboxylic acids is 2. The third-order valence-electron chi connectivity index (χ3n) is 4.34. The van der Waals surface area contributed by atoms with Crippen molar-refractivity contribution in [2.45, 2.75) is 12.6 Å². The summed E-state index contributed by atoms with van der Waals surface area (Å²) in [6, 6.07) is 9.32. The Morgan fingerprint density at radius 1 is 1.18 bits per heavy atom. The highest BCUT2D eigenvalue weighted by Gasteiger charge is 2.41. The molecule has 154 valence electrons. The van der Waals surface area contributed by atoms with E-state index in [-0.39, 0.29) is 17.4 Å². The van der Waals surface area contributed by atoms with Crippen LogP contribution in [-0.2, 0) is 9.59 Å². The van der Waals surface area contributed by atoms with Gasteiger partial charge < -0.3 is 26.0 Å². The van der Waals surface area contributed by atoms with Crippen molar-refractivity contribution in [3.05, 3.63) is 30.3 Å². The molecule has 1 aromatic carbocycles. The smallest absolute Gasteiger partial charge is 0.475 e. The van der Waals surface area contributed by atoms with Gasteiger partial charge in [0.05, 0.1) is 0 Å². The quantitative estimate of drug-likeness (QED) is 0.565. The largest absolute Gasteiger partial charge is 0.490 e. The molecule has 2 aliphatic rings. The highest BCUT2D eigenvalue weighted by Crippen LogP contribution is 2.28. The predicted molar refractivity (Wildman–Crippen MR) is 93.7 cm³/mol. The number of para-hydroxylation sites is 1. The van der Waals surface area contributed by atoms with Gasteiger partial charge in [0, 0.05) is 50.2 Å². The number of carbonyl (C=O) groups is 3. The van der Waals surface area contributed by atoms with Crippen LogP contribution in [-0.4, -0.2) is 66.8 Å². The number of halogens is 3. The van der Waals surface area contributed by atoms with Crippen LogP contribution in [0.15, 0.2) is 30.3 Å². The molecule has 1 atom stereocenters. The van der Waals surface area contributed by atoms with Crippen LogP contribution in [0.3, 0.4) is 0 Å². The molecule has 2 saturated heterocycles. The molecule has 2 aliphatic heterocycles. The molecule has 2 heterocycles. The number of hydrogen-bond donors (Lipinski definition) is 4. The molecule has 0 aromatic heterocycles. The molecule has 0 bridgehead atoms. The van der Waals surface area contributed by atoms with Gasteiger partial charge in [0.2, 0.25) is 5.91 Å². The molecule has 0 radical (unpaired) electrons. The fraction of sp³-hybridized carbons (Fsp3) is 0.471. The second kappa shape index (κ2) is 8.91. The second-order valence-electron chi connectivity index (χ2n) is 6.65. The Labute approximate surface area is 159 Å². The molecule has 2 fully saturated rings. The lowest BCUT2D eigenvalue weighted by atomic mass is 9.86. The maximum atomic E-state index is 12.4. The first-order chi connectivity index (χ1) is 13.1. The highest BCUT2D eigenvalue weighted by atomic mass is 19.4. The van der Waals surface area contributed by atoms with Crippen molar-refractivity contribution in [1.29, 1.82) is 0 Å². The summed E-state index contributed by atoms with van der Waals surface area (Å²) >= 11 is 0. The van der Waals surface area contributed by atoms with E-state index in [1.165, 1.54) is 0 Å². The zero-order valence-electron chi connectivity index (χ0n) is 14.9. The molecular weight excluding hydrogens is 381 g/mol. The number of nitrogens with one attached hydrogen (secondary N) is 3. The molecule has 0 saturated carbocycles. The molecule has 4 N–H and O–H groups in total. The third kappa shape index (κ3) is 6.12. The van der Waals surface area contributed by atoms with Gasteiger partial charge in [-0.2, -0.15) is 13.2 Å². The number of carboxylic acid groups (broad SMARTS) is 1. The zero-order valence-corrected chi connectivity index (χ0v) is 14.9. The van der Waals surface area contributed by atoms with Crippen LogP contribution < -0.4 is 16.0 Å². The minimum atomic E-state index is -5.08. The van der Waals surface area contributed by atoms with Crippen molar-refractivity contribution < 1.29 is 32.7 Å². The Hall–Kier alpha value is -2.82. The van der Waals surface area contributed by atoms with Gasteiger partial charge in [0.25, 0.3) is 0 Å². The van der Waals surface area contributed by atoms with Gasteiger partial charge in [-0.25, -0.2) is 9.59 Å². The fourth-order valence-corrected chi connectivity index (χ4v) is 2.99. The number of rotatable bonds is 1. The Morgan fingerprint density at radius 2 is 1.82 bits per heavy atom. The van der Waals surface area contributed by atoms with Crippen LogP contribution in [0.5, 0.6) is 0 Å². The van der Waals surface area contributed by atoms with Crippen LogP contribution in [0.25, 0.3) is 0 Å². The lowest BCUT2D eigenvalue weighted by Crippen LogP contribution is -2.45. The van der Waals surface area contributed by atoms with Crippen LogP contribution >= 0.6 is 0 Å². The van der Waals surface area contributed by atoms with E-state index in [0.717, 1.165) is 18.8 Å². The van der Waals surface area contributed by atoms with Crippen LogP contribution in [0.4, 0.5) is 23.7 Å². The average molecular weight is 402 g/mol. The summed E-state index contributed by atoms with van der Waals surface area (Å²) in [7, 11) is 0. The van der Waals surface area contributed by atoms with E-state index in [4.69, 9.17) is 9.90 Å². The topological polar surface area (TPSA) is 111 Å². The molecule has 28 heavy (non-hydrogen) atoms. The first-order valence-corrected chi connectivity index (χ1v) is 8.50. The van der Waals surface area contributed by atoms with E-state index in [9.17, 15) is 22.8 Å². The summed E-state index contributed by atoms with van der Waals surface area (Å²) in [5.41, 5.74) is 0.608. The van der Waals surface area contributed by atoms with Crippen molar-refractivity contribution >= 4 is 23.6 Å². The van der Waals surface area contributed by atoms with Crippen molar-refractivity contribution in [3.63, 3.8) is 0 Å². The molecule has 11 heteroatoms. The zero-order chi connectivity index (χ0) is 20.8. The maximum absolute atomic E-state index is 12.4. The fourth-order valence-electron chi connectivity index (χ4n) is 2.99. The molecule has 3 amide bonds. The van der Waals surface area contributed by atoms with E-state index in [1.54, 1.807) is 4.90 Å². The molecule has 3 rings (SSSR count). The number of nitrogens with zero attached hydrogens (tertiary/aromatic N) is 1. The van der Waals surface area contributed by atoms with Gasteiger partial charge in [-0.15, -0.1) is 0 Å². The van der Waals surface area contributed by atoms with Crippen LogP contribution in [0.2, 0.25) is 0 Å². The SMILES string of the molecule is O=C(O)C(F)(F)F.O=C1CC2(CNCCN(C(=O)Nc3ccccc3)C2)CN1. The number of carboxylic acids is 1. The van der Waals surface area contributed by atoms with Gasteiger partial charge in [0.15, 0.2) is 0 Å². The van der Waals surface area contributed by atoms with E-state index >= 15 is 0 Å². The molecular formula is C17H21F3N4O4. The Balaban J connectivity index is 0.000000345. The monoisotopic (exact) mass is 402 g/mol. The summed E-state index contributed by atoms with van der Waals surface area (Å²) in [6.45, 7) is 3.39. The van der Waals surface area contributed by atoms with Crippen molar-refractivity contribution in [1.82, 2.24) is 15.5 Å². The molecule has 1 spiro atoms. The molecule has 8 nitrogen and oxygen atoms in total. The summed E-state index contributed by atoms with van der Waals surface area (Å²) in [5, 5.41) is 16.3. The Bertz CT molecular complexity index is 714. The van der Waals surface area contributed by atoms with Gasteiger partial charge >= 0.3 is 18.2 Å². The lowest BCUT2D eigenvalue weighted by molar-refractivity contribution is -0.192. The Kier molecular flexibility index (Phi) is 6.84. The van der Waals surface area contributed by atoms with E-state index in [0.29, 0.717) is 26.1 Å². The van der Waals surface area contributed by atoms with E-state index in [1.807, 2.05) is 30.3 Å². The third-order valence-corrected chi connectivity index (χ3v) is 4.34. The number of benzene rings is 1. The minimum Gasteiger partial charge on any atom is -0.475 e. The van der Waals surface area contributed by atoms with Crippen LogP contribution in [0.1, 0.15) is 6.42 Å². The van der Waals surface area contributed by atoms with E-state index in [2.05, 4.69) is 16.0 Å². The van der Waals surface area contributed by atoms with Crippen molar-refractivity contribution in [2.75, 3.05) is 38.0 Å². The van der Waals surface area contributed by atoms with E-state index < -0.39 is 12.1 Å². The van der Waals surface area contributed by atoms with Crippen molar-refractivity contribution in [2.24, 2.45) is 5.41 Å². The van der Waals surface area contributed by atoms with Gasteiger partial charge in [-0.05, 0) is 12.1 Å². The number of aliphatic carboxylic acids is 1. The normalized spacial score (nSPS) is 22.0. The first-order valence-electron chi connectivity index (χ1n) is 8.50. The summed E-state index contributed by atoms with van der Waals surface area (Å²) < 4.78 is 31.7. The first kappa shape index (κ1) is 21.5. The Morgan fingerprint density at radius 3 is 2.36 bits per heavy atom. The number of alkyl halides is 3.